The van der Waals surface area contributed by atoms with Crippen LogP contribution in [-0.4, -0.2) is 29.0 Å². The summed E-state index contributed by atoms with van der Waals surface area (Å²) in [4.78, 5) is 11.6. The molecule has 24 heavy (non-hydrogen) atoms. The molecule has 0 saturated carbocycles. The zero-order valence-corrected chi connectivity index (χ0v) is 13.4. The zero-order valence-electron chi connectivity index (χ0n) is 12.7. The van der Waals surface area contributed by atoms with Crippen LogP contribution in [0.5, 0.6) is 0 Å². The van der Waals surface area contributed by atoms with E-state index in [9.17, 15) is 19.4 Å². The third-order valence-electron chi connectivity index (χ3n) is 3.26. The molecule has 0 fully saturated rings. The number of nitrogens with one attached hydrogen (secondary N) is 1. The lowest BCUT2D eigenvalue weighted by Crippen LogP contribution is -2.35. The molecule has 2 aromatic carbocycles. The fourth-order valence-corrected chi connectivity index (χ4v) is 2.27. The summed E-state index contributed by atoms with van der Waals surface area (Å²) in [6.45, 7) is -0.173. The minimum Gasteiger partial charge on any atom is -0.445 e. The van der Waals surface area contributed by atoms with E-state index in [4.69, 9.17) is 16.3 Å². The molecule has 2 rings (SSSR count). The van der Waals surface area contributed by atoms with E-state index >= 15 is 0 Å². The predicted octanol–water partition coefficient (Wildman–Crippen LogP) is 2.80. The number of carbonyl (C=O) groups excluding carboxylic acids is 1. The predicted molar refractivity (Wildman–Crippen MR) is 87.0 cm³/mol. The van der Waals surface area contributed by atoms with Crippen LogP contribution in [0.4, 0.5) is 9.18 Å². The second-order valence-electron chi connectivity index (χ2n) is 5.16. The second kappa shape index (κ2) is 8.63. The molecule has 0 heterocycles. The van der Waals surface area contributed by atoms with Crippen molar-refractivity contribution >= 4 is 17.7 Å². The monoisotopic (exact) mass is 353 g/mol. The summed E-state index contributed by atoms with van der Waals surface area (Å²) < 4.78 is 18.2. The van der Waals surface area contributed by atoms with Crippen molar-refractivity contribution in [3.8, 4) is 0 Å². The number of carbonyl (C=O) groups is 1. The highest BCUT2D eigenvalue weighted by atomic mass is 35.5. The molecule has 2 unspecified atom stereocenters. The molecule has 5 nitrogen and oxygen atoms in total. The molecule has 0 aromatic heterocycles. The summed E-state index contributed by atoms with van der Waals surface area (Å²) in [6.07, 6.45) is -3.47. The molecule has 3 N–H and O–H groups in total. The van der Waals surface area contributed by atoms with Crippen molar-refractivity contribution in [3.63, 3.8) is 0 Å². The first-order chi connectivity index (χ1) is 11.5. The van der Waals surface area contributed by atoms with Gasteiger partial charge in [-0.15, -0.1) is 0 Å². The molecule has 7 heteroatoms. The van der Waals surface area contributed by atoms with Crippen molar-refractivity contribution < 1.29 is 24.1 Å². The van der Waals surface area contributed by atoms with Gasteiger partial charge in [-0.1, -0.05) is 41.9 Å². The first kappa shape index (κ1) is 18.2. The van der Waals surface area contributed by atoms with Gasteiger partial charge < -0.3 is 20.3 Å². The van der Waals surface area contributed by atoms with Crippen LogP contribution in [0.2, 0.25) is 5.02 Å². The fourth-order valence-electron chi connectivity index (χ4n) is 2.04. The number of aliphatic hydroxyl groups is 2. The van der Waals surface area contributed by atoms with Crippen LogP contribution in [-0.2, 0) is 11.3 Å². The standard InChI is InChI=1S/C17H17ClFNO4/c18-13-6-12(7-14(19)8-13)16(22)15(21)9-20-17(23)24-10-11-4-2-1-3-5-11/h1-8,15-16,21-22H,9-10H2,(H,20,23). The summed E-state index contributed by atoms with van der Waals surface area (Å²) in [5, 5.41) is 22.3. The Hall–Kier alpha value is -2.15. The largest absolute Gasteiger partial charge is 0.445 e. The Morgan fingerprint density at radius 1 is 1.21 bits per heavy atom. The van der Waals surface area contributed by atoms with Crippen molar-refractivity contribution in [3.05, 3.63) is 70.5 Å². The summed E-state index contributed by atoms with van der Waals surface area (Å²) in [6, 6.07) is 12.6. The average molecular weight is 354 g/mol. The Morgan fingerprint density at radius 3 is 2.58 bits per heavy atom. The van der Waals surface area contributed by atoms with Gasteiger partial charge in [0.05, 0.1) is 0 Å². The van der Waals surface area contributed by atoms with Gasteiger partial charge in [-0.05, 0) is 29.3 Å². The van der Waals surface area contributed by atoms with E-state index in [0.29, 0.717) is 0 Å². The van der Waals surface area contributed by atoms with E-state index in [1.54, 1.807) is 12.1 Å². The number of alkyl carbamates (subject to hydrolysis) is 1. The molecule has 2 aromatic rings. The number of halogens is 2. The SMILES string of the molecule is O=C(NCC(O)C(O)c1cc(F)cc(Cl)c1)OCc1ccccc1. The quantitative estimate of drug-likeness (QED) is 0.746. The number of ether oxygens (including phenoxy) is 1. The topological polar surface area (TPSA) is 78.8 Å². The van der Waals surface area contributed by atoms with Crippen LogP contribution in [0.3, 0.4) is 0 Å². The van der Waals surface area contributed by atoms with Crippen molar-refractivity contribution in [2.45, 2.75) is 18.8 Å². The van der Waals surface area contributed by atoms with Gasteiger partial charge in [0, 0.05) is 11.6 Å². The van der Waals surface area contributed by atoms with Gasteiger partial charge in [-0.3, -0.25) is 0 Å². The third-order valence-corrected chi connectivity index (χ3v) is 3.48. The maximum absolute atomic E-state index is 13.3. The Bertz CT molecular complexity index is 663. The van der Waals surface area contributed by atoms with Gasteiger partial charge >= 0.3 is 6.09 Å². The van der Waals surface area contributed by atoms with Crippen LogP contribution >= 0.6 is 11.6 Å². The number of amides is 1. The molecule has 0 radical (unpaired) electrons. The molecular weight excluding hydrogens is 337 g/mol. The fraction of sp³-hybridized carbons (Fsp3) is 0.235. The Labute approximate surface area is 143 Å². The van der Waals surface area contributed by atoms with Gasteiger partial charge in [0.1, 0.15) is 24.6 Å². The zero-order chi connectivity index (χ0) is 17.5. The van der Waals surface area contributed by atoms with E-state index in [-0.39, 0.29) is 23.7 Å². The highest BCUT2D eigenvalue weighted by Gasteiger charge is 2.20. The second-order valence-corrected chi connectivity index (χ2v) is 5.59. The van der Waals surface area contributed by atoms with E-state index in [1.165, 1.54) is 6.07 Å². The number of hydrogen-bond donors (Lipinski definition) is 3. The molecule has 2 atom stereocenters. The lowest BCUT2D eigenvalue weighted by molar-refractivity contribution is 0.0182. The molecule has 1 amide bonds. The van der Waals surface area contributed by atoms with Crippen LogP contribution in [0.25, 0.3) is 0 Å². The molecule has 0 saturated heterocycles. The molecule has 128 valence electrons. The smallest absolute Gasteiger partial charge is 0.407 e. The first-order valence-corrected chi connectivity index (χ1v) is 7.60. The van der Waals surface area contributed by atoms with Gasteiger partial charge in [-0.2, -0.15) is 0 Å². The maximum atomic E-state index is 13.3. The molecule has 0 aliphatic heterocycles. The van der Waals surface area contributed by atoms with Crippen LogP contribution in [0.15, 0.2) is 48.5 Å². The van der Waals surface area contributed by atoms with E-state index in [1.807, 2.05) is 18.2 Å². The lowest BCUT2D eigenvalue weighted by atomic mass is 10.0. The molecular formula is C17H17ClFNO4. The van der Waals surface area contributed by atoms with Crippen molar-refractivity contribution in [1.29, 1.82) is 0 Å². The molecule has 0 aliphatic carbocycles. The van der Waals surface area contributed by atoms with Gasteiger partial charge in [0.15, 0.2) is 0 Å². The molecule has 0 spiro atoms. The normalized spacial score (nSPS) is 13.2. The average Bonchev–Trinajstić information content (AvgIpc) is 2.57. The van der Waals surface area contributed by atoms with Crippen molar-refractivity contribution in [2.75, 3.05) is 6.54 Å². The summed E-state index contributed by atoms with van der Waals surface area (Å²) in [7, 11) is 0. The van der Waals surface area contributed by atoms with Crippen molar-refractivity contribution in [1.82, 2.24) is 5.32 Å². The van der Waals surface area contributed by atoms with Crippen molar-refractivity contribution in [2.24, 2.45) is 0 Å². The summed E-state index contributed by atoms with van der Waals surface area (Å²) >= 11 is 5.70. The first-order valence-electron chi connectivity index (χ1n) is 7.22. The number of rotatable bonds is 6. The van der Waals surface area contributed by atoms with Crippen LogP contribution in [0, 0.1) is 5.82 Å². The van der Waals surface area contributed by atoms with Gasteiger partial charge in [0.2, 0.25) is 0 Å². The van der Waals surface area contributed by atoms with Crippen LogP contribution < -0.4 is 5.32 Å². The maximum Gasteiger partial charge on any atom is 0.407 e. The number of benzene rings is 2. The minimum atomic E-state index is -1.40. The summed E-state index contributed by atoms with van der Waals surface area (Å²) in [5.41, 5.74) is 0.939. The highest BCUT2D eigenvalue weighted by Crippen LogP contribution is 2.22. The van der Waals surface area contributed by atoms with Gasteiger partial charge in [0.25, 0.3) is 0 Å². The lowest BCUT2D eigenvalue weighted by Gasteiger charge is -2.19. The third kappa shape index (κ3) is 5.49. The van der Waals surface area contributed by atoms with E-state index in [2.05, 4.69) is 5.32 Å². The van der Waals surface area contributed by atoms with E-state index in [0.717, 1.165) is 17.7 Å². The molecule has 0 bridgehead atoms. The highest BCUT2D eigenvalue weighted by molar-refractivity contribution is 6.30. The number of aliphatic hydroxyl groups excluding tert-OH is 2. The van der Waals surface area contributed by atoms with Gasteiger partial charge in [-0.25, -0.2) is 9.18 Å². The van der Waals surface area contributed by atoms with E-state index < -0.39 is 24.1 Å². The summed E-state index contributed by atoms with van der Waals surface area (Å²) in [5.74, 6) is -0.626. The Balaban J connectivity index is 1.81. The Morgan fingerprint density at radius 2 is 1.92 bits per heavy atom. The Kier molecular flexibility index (Phi) is 6.54. The number of hydrogen-bond acceptors (Lipinski definition) is 4. The minimum absolute atomic E-state index is 0.0881. The van der Waals surface area contributed by atoms with Crippen LogP contribution in [0.1, 0.15) is 17.2 Å². The molecule has 0 aliphatic rings.